The molecular weight excluding hydrogens is 434 g/mol. The zero-order valence-electron chi connectivity index (χ0n) is 18.3. The monoisotopic (exact) mass is 455 g/mol. The Bertz CT molecular complexity index is 1350. The van der Waals surface area contributed by atoms with Crippen LogP contribution in [0.15, 0.2) is 90.2 Å². The maximum atomic E-state index is 12.2. The summed E-state index contributed by atoms with van der Waals surface area (Å²) < 4.78 is 7.04. The van der Waals surface area contributed by atoms with Crippen LogP contribution in [0.25, 0.3) is 16.9 Å². The maximum absolute atomic E-state index is 12.2. The number of ether oxygens (including phenoxy) is 1. The van der Waals surface area contributed by atoms with Crippen molar-refractivity contribution in [3.63, 3.8) is 0 Å². The van der Waals surface area contributed by atoms with Gasteiger partial charge in [-0.25, -0.2) is 10.1 Å². The molecule has 170 valence electrons. The van der Waals surface area contributed by atoms with Crippen LogP contribution in [-0.2, 0) is 4.79 Å². The minimum Gasteiger partial charge on any atom is -0.477 e. The summed E-state index contributed by atoms with van der Waals surface area (Å²) >= 11 is 0. The lowest BCUT2D eigenvalue weighted by molar-refractivity contribution is -0.385. The molecule has 0 aliphatic heterocycles. The number of para-hydroxylation sites is 3. The van der Waals surface area contributed by atoms with Gasteiger partial charge in [-0.2, -0.15) is 10.2 Å². The summed E-state index contributed by atoms with van der Waals surface area (Å²) in [6.45, 7) is 1.58. The molecule has 9 heteroatoms. The van der Waals surface area contributed by atoms with Crippen molar-refractivity contribution in [1.29, 1.82) is 0 Å². The summed E-state index contributed by atoms with van der Waals surface area (Å²) in [5.41, 5.74) is 6.49. The molecule has 1 amide bonds. The van der Waals surface area contributed by atoms with Gasteiger partial charge in [0.2, 0.25) is 0 Å². The van der Waals surface area contributed by atoms with Crippen molar-refractivity contribution in [2.75, 3.05) is 6.61 Å². The van der Waals surface area contributed by atoms with Crippen molar-refractivity contribution >= 4 is 17.8 Å². The summed E-state index contributed by atoms with van der Waals surface area (Å²) in [4.78, 5) is 22.7. The van der Waals surface area contributed by atoms with Crippen molar-refractivity contribution in [2.45, 2.75) is 6.92 Å². The first-order valence-electron chi connectivity index (χ1n) is 10.4. The van der Waals surface area contributed by atoms with Crippen molar-refractivity contribution in [1.82, 2.24) is 15.2 Å². The lowest BCUT2D eigenvalue weighted by Crippen LogP contribution is -2.24. The van der Waals surface area contributed by atoms with Crippen molar-refractivity contribution in [2.24, 2.45) is 5.10 Å². The number of benzene rings is 3. The van der Waals surface area contributed by atoms with Gasteiger partial charge in [0.05, 0.1) is 16.8 Å². The van der Waals surface area contributed by atoms with Crippen molar-refractivity contribution in [3.8, 4) is 22.7 Å². The topological polar surface area (TPSA) is 112 Å². The fraction of sp³-hybridized carbons (Fsp3) is 0.0800. The van der Waals surface area contributed by atoms with Crippen molar-refractivity contribution < 1.29 is 14.5 Å². The number of carbonyl (C=O) groups is 1. The summed E-state index contributed by atoms with van der Waals surface area (Å²) in [5.74, 6) is -0.542. The Morgan fingerprint density at radius 2 is 1.88 bits per heavy atom. The molecule has 0 aliphatic carbocycles. The van der Waals surface area contributed by atoms with Crippen LogP contribution in [-0.4, -0.2) is 33.4 Å². The third-order valence-corrected chi connectivity index (χ3v) is 4.87. The highest BCUT2D eigenvalue weighted by atomic mass is 16.6. The molecule has 0 fully saturated rings. The highest BCUT2D eigenvalue weighted by Crippen LogP contribution is 2.26. The number of nitrogens with zero attached hydrogens (tertiary/aromatic N) is 4. The van der Waals surface area contributed by atoms with E-state index in [0.29, 0.717) is 11.3 Å². The Balaban J connectivity index is 1.50. The highest BCUT2D eigenvalue weighted by molar-refractivity contribution is 5.89. The highest BCUT2D eigenvalue weighted by Gasteiger charge is 2.15. The Morgan fingerprint density at radius 1 is 1.12 bits per heavy atom. The van der Waals surface area contributed by atoms with Gasteiger partial charge in [-0.1, -0.05) is 54.1 Å². The Labute approximate surface area is 195 Å². The average molecular weight is 455 g/mol. The Kier molecular flexibility index (Phi) is 6.73. The molecule has 1 aromatic heterocycles. The first-order valence-corrected chi connectivity index (χ1v) is 10.4. The molecule has 4 aromatic rings. The van der Waals surface area contributed by atoms with Crippen LogP contribution >= 0.6 is 0 Å². The first-order chi connectivity index (χ1) is 16.5. The number of carbonyl (C=O) groups excluding carboxylic acids is 1. The Hall–Kier alpha value is -4.79. The first kappa shape index (κ1) is 22.4. The predicted octanol–water partition coefficient (Wildman–Crippen LogP) is 4.29. The zero-order chi connectivity index (χ0) is 23.9. The van der Waals surface area contributed by atoms with Crippen LogP contribution in [0.3, 0.4) is 0 Å². The smallest absolute Gasteiger partial charge is 0.310 e. The van der Waals surface area contributed by atoms with Gasteiger partial charge in [-0.15, -0.1) is 0 Å². The molecular formula is C25H21N5O4. The van der Waals surface area contributed by atoms with Crippen LogP contribution in [0, 0.1) is 17.0 Å². The van der Waals surface area contributed by atoms with E-state index in [1.807, 2.05) is 67.7 Å². The van der Waals surface area contributed by atoms with E-state index in [4.69, 9.17) is 9.84 Å². The van der Waals surface area contributed by atoms with E-state index in [1.165, 1.54) is 24.4 Å². The van der Waals surface area contributed by atoms with Crippen LogP contribution in [0.2, 0.25) is 0 Å². The standard InChI is InChI=1S/C25H21N5O4/c1-18-8-7-9-19(14-18)25-20(16-29(28-25)21-10-3-2-4-11-21)15-26-27-24(31)17-34-23-13-6-5-12-22(23)30(32)33/h2-16H,17H2,1H3,(H,27,31)/b26-15+. The summed E-state index contributed by atoms with van der Waals surface area (Å²) in [7, 11) is 0. The molecule has 0 saturated carbocycles. The van der Waals surface area contributed by atoms with Gasteiger partial charge in [-0.3, -0.25) is 14.9 Å². The van der Waals surface area contributed by atoms with Crippen LogP contribution in [0.5, 0.6) is 5.75 Å². The SMILES string of the molecule is Cc1cccc(-c2nn(-c3ccccc3)cc2/C=N/NC(=O)COc2ccccc2[N+](=O)[O-])c1. The molecule has 0 saturated heterocycles. The van der Waals surface area contributed by atoms with E-state index in [2.05, 4.69) is 10.5 Å². The van der Waals surface area contributed by atoms with Gasteiger partial charge in [0.15, 0.2) is 12.4 Å². The van der Waals surface area contributed by atoms with Crippen LogP contribution in [0.1, 0.15) is 11.1 Å². The van der Waals surface area contributed by atoms with E-state index < -0.39 is 17.4 Å². The Morgan fingerprint density at radius 3 is 2.65 bits per heavy atom. The molecule has 0 aliphatic rings. The number of hydrazone groups is 1. The molecule has 1 N–H and O–H groups in total. The van der Waals surface area contributed by atoms with Gasteiger partial charge in [-0.05, 0) is 31.2 Å². The van der Waals surface area contributed by atoms with Gasteiger partial charge < -0.3 is 4.74 Å². The summed E-state index contributed by atoms with van der Waals surface area (Å²) in [5, 5.41) is 19.8. The minimum absolute atomic E-state index is 0.0116. The van der Waals surface area contributed by atoms with E-state index in [1.54, 1.807) is 10.7 Å². The van der Waals surface area contributed by atoms with Gasteiger partial charge in [0, 0.05) is 23.4 Å². The number of amides is 1. The molecule has 0 spiro atoms. The van der Waals surface area contributed by atoms with E-state index >= 15 is 0 Å². The second kappa shape index (κ2) is 10.2. The van der Waals surface area contributed by atoms with Gasteiger partial charge in [0.25, 0.3) is 5.91 Å². The minimum atomic E-state index is -0.567. The third kappa shape index (κ3) is 5.33. The van der Waals surface area contributed by atoms with E-state index in [0.717, 1.165) is 16.8 Å². The number of hydrogen-bond donors (Lipinski definition) is 1. The van der Waals surface area contributed by atoms with E-state index in [-0.39, 0.29) is 11.4 Å². The number of nitro benzene ring substituents is 1. The summed E-state index contributed by atoms with van der Waals surface area (Å²) in [6.07, 6.45) is 3.33. The molecule has 1 heterocycles. The number of rotatable bonds is 8. The molecule has 0 bridgehead atoms. The number of hydrogen-bond acceptors (Lipinski definition) is 6. The molecule has 3 aromatic carbocycles. The van der Waals surface area contributed by atoms with Crippen molar-refractivity contribution in [3.05, 3.63) is 106 Å². The number of nitro groups is 1. The predicted molar refractivity (Wildman–Crippen MR) is 128 cm³/mol. The summed E-state index contributed by atoms with van der Waals surface area (Å²) in [6, 6.07) is 23.5. The molecule has 9 nitrogen and oxygen atoms in total. The quantitative estimate of drug-likeness (QED) is 0.242. The second-order valence-corrected chi connectivity index (χ2v) is 7.39. The lowest BCUT2D eigenvalue weighted by Gasteiger charge is -2.05. The average Bonchev–Trinajstić information content (AvgIpc) is 3.28. The number of aryl methyl sites for hydroxylation is 1. The molecule has 34 heavy (non-hydrogen) atoms. The number of aromatic nitrogens is 2. The molecule has 0 unspecified atom stereocenters. The van der Waals surface area contributed by atoms with Crippen LogP contribution < -0.4 is 10.2 Å². The largest absolute Gasteiger partial charge is 0.477 e. The second-order valence-electron chi connectivity index (χ2n) is 7.39. The number of nitrogens with one attached hydrogen (secondary N) is 1. The fourth-order valence-corrected chi connectivity index (χ4v) is 3.29. The molecule has 0 radical (unpaired) electrons. The normalized spacial score (nSPS) is 10.9. The van der Waals surface area contributed by atoms with Crippen LogP contribution in [0.4, 0.5) is 5.69 Å². The lowest BCUT2D eigenvalue weighted by atomic mass is 10.1. The fourth-order valence-electron chi connectivity index (χ4n) is 3.29. The maximum Gasteiger partial charge on any atom is 0.310 e. The van der Waals surface area contributed by atoms with Gasteiger partial charge >= 0.3 is 5.69 Å². The third-order valence-electron chi connectivity index (χ3n) is 4.87. The molecule has 4 rings (SSSR count). The zero-order valence-corrected chi connectivity index (χ0v) is 18.3. The van der Waals surface area contributed by atoms with Gasteiger partial charge in [0.1, 0.15) is 5.69 Å². The van der Waals surface area contributed by atoms with E-state index in [9.17, 15) is 14.9 Å². The molecule has 0 atom stereocenters.